The number of aromatic nitrogens is 2. The van der Waals surface area contributed by atoms with Crippen LogP contribution in [-0.2, 0) is 0 Å². The van der Waals surface area contributed by atoms with Crippen LogP contribution >= 0.6 is 0 Å². The number of fused-ring (bicyclic) bond motifs is 1. The molecule has 4 rings (SSSR count). The number of nitrogens with zero attached hydrogens (tertiary/aromatic N) is 3. The molecule has 1 aliphatic heterocycles. The lowest BCUT2D eigenvalue weighted by molar-refractivity contribution is 0.326. The van der Waals surface area contributed by atoms with E-state index in [0.717, 1.165) is 29.3 Å². The highest BCUT2D eigenvalue weighted by Gasteiger charge is 2.34. The summed E-state index contributed by atoms with van der Waals surface area (Å²) in [6, 6.07) is 9.30. The van der Waals surface area contributed by atoms with Crippen molar-refractivity contribution >= 4 is 22.7 Å². The molecule has 4 N–H and O–H groups in total. The third-order valence-electron chi connectivity index (χ3n) is 4.36. The van der Waals surface area contributed by atoms with Gasteiger partial charge in [0.2, 0.25) is 5.95 Å². The molecule has 1 saturated carbocycles. The first-order chi connectivity index (χ1) is 10.3. The molecule has 0 radical (unpaired) electrons. The Kier molecular flexibility index (Phi) is 3.12. The highest BCUT2D eigenvalue weighted by Crippen LogP contribution is 2.31. The van der Waals surface area contributed by atoms with E-state index in [-0.39, 0.29) is 0 Å². The number of anilines is 2. The number of nitrogens with two attached hydrogens (primary N) is 1. The zero-order chi connectivity index (χ0) is 14.2. The van der Waals surface area contributed by atoms with Gasteiger partial charge in [0.15, 0.2) is 0 Å². The number of hydrazine groups is 1. The molecule has 110 valence electrons. The topological polar surface area (TPSA) is 79.1 Å². The number of benzene rings is 1. The first-order valence-electron chi connectivity index (χ1n) is 7.57. The molecule has 21 heavy (non-hydrogen) atoms. The molecule has 1 aromatic carbocycles. The molecule has 6 nitrogen and oxygen atoms in total. The normalized spacial score (nSPS) is 22.6. The summed E-state index contributed by atoms with van der Waals surface area (Å²) in [4.78, 5) is 11.5. The molecule has 1 atom stereocenters. The summed E-state index contributed by atoms with van der Waals surface area (Å²) in [6.07, 6.45) is 3.90. The van der Waals surface area contributed by atoms with Gasteiger partial charge in [0.05, 0.1) is 5.52 Å². The molecule has 2 fully saturated rings. The van der Waals surface area contributed by atoms with Crippen molar-refractivity contribution in [3.63, 3.8) is 0 Å². The van der Waals surface area contributed by atoms with E-state index in [1.807, 2.05) is 24.3 Å². The quantitative estimate of drug-likeness (QED) is 0.584. The van der Waals surface area contributed by atoms with Crippen LogP contribution in [0.25, 0.3) is 10.9 Å². The van der Waals surface area contributed by atoms with Crippen molar-refractivity contribution in [3.8, 4) is 0 Å². The molecule has 1 saturated heterocycles. The average molecular weight is 284 g/mol. The van der Waals surface area contributed by atoms with Crippen molar-refractivity contribution in [1.82, 2.24) is 14.9 Å². The monoisotopic (exact) mass is 284 g/mol. The largest absolute Gasteiger partial charge is 0.365 e. The summed E-state index contributed by atoms with van der Waals surface area (Å²) < 4.78 is 0. The second-order valence-electron chi connectivity index (χ2n) is 5.91. The van der Waals surface area contributed by atoms with Crippen LogP contribution in [0.2, 0.25) is 0 Å². The van der Waals surface area contributed by atoms with Gasteiger partial charge in [-0.3, -0.25) is 10.3 Å². The molecule has 2 heterocycles. The summed E-state index contributed by atoms with van der Waals surface area (Å²) in [6.45, 7) is 2.29. The fourth-order valence-corrected chi connectivity index (χ4v) is 3.12. The van der Waals surface area contributed by atoms with Crippen LogP contribution in [0.15, 0.2) is 24.3 Å². The van der Waals surface area contributed by atoms with Crippen molar-refractivity contribution in [1.29, 1.82) is 0 Å². The van der Waals surface area contributed by atoms with E-state index in [9.17, 15) is 0 Å². The van der Waals surface area contributed by atoms with Gasteiger partial charge in [-0.05, 0) is 31.4 Å². The minimum absolute atomic E-state index is 0.452. The average Bonchev–Trinajstić information content (AvgIpc) is 3.27. The van der Waals surface area contributed by atoms with Gasteiger partial charge < -0.3 is 5.32 Å². The zero-order valence-corrected chi connectivity index (χ0v) is 11.9. The Morgan fingerprint density at radius 1 is 1.14 bits per heavy atom. The van der Waals surface area contributed by atoms with Crippen molar-refractivity contribution in [2.24, 2.45) is 5.84 Å². The van der Waals surface area contributed by atoms with Crippen molar-refractivity contribution in [3.05, 3.63) is 24.3 Å². The molecule has 0 amide bonds. The van der Waals surface area contributed by atoms with Gasteiger partial charge in [-0.15, -0.1) is 0 Å². The molecule has 2 aliphatic rings. The maximum Gasteiger partial charge on any atom is 0.239 e. The summed E-state index contributed by atoms with van der Waals surface area (Å²) in [5, 5.41) is 4.63. The van der Waals surface area contributed by atoms with Crippen molar-refractivity contribution in [2.75, 3.05) is 23.8 Å². The smallest absolute Gasteiger partial charge is 0.239 e. The SMILES string of the molecule is NNc1nc(NC2CCN(C3CC3)C2)c2ccccc2n1. The van der Waals surface area contributed by atoms with Gasteiger partial charge >= 0.3 is 0 Å². The number of nitrogen functional groups attached to an aromatic ring is 1. The van der Waals surface area contributed by atoms with Crippen LogP contribution in [0.5, 0.6) is 0 Å². The third-order valence-corrected chi connectivity index (χ3v) is 4.36. The molecule has 1 aromatic heterocycles. The van der Waals surface area contributed by atoms with Crippen LogP contribution in [-0.4, -0.2) is 40.0 Å². The molecule has 1 aliphatic carbocycles. The van der Waals surface area contributed by atoms with Gasteiger partial charge in [0.1, 0.15) is 5.82 Å². The fraction of sp³-hybridized carbons (Fsp3) is 0.467. The Balaban J connectivity index is 1.60. The van der Waals surface area contributed by atoms with E-state index in [2.05, 4.69) is 25.6 Å². The molecule has 0 bridgehead atoms. The van der Waals surface area contributed by atoms with Crippen LogP contribution in [0.3, 0.4) is 0 Å². The van der Waals surface area contributed by atoms with Gasteiger partial charge in [-0.1, -0.05) is 12.1 Å². The second kappa shape index (κ2) is 5.13. The first-order valence-corrected chi connectivity index (χ1v) is 7.57. The molecular weight excluding hydrogens is 264 g/mol. The van der Waals surface area contributed by atoms with Crippen LogP contribution in [0, 0.1) is 0 Å². The third kappa shape index (κ3) is 2.52. The highest BCUT2D eigenvalue weighted by atomic mass is 15.3. The van der Waals surface area contributed by atoms with Crippen LogP contribution in [0.1, 0.15) is 19.3 Å². The maximum absolute atomic E-state index is 5.48. The Labute approximate surface area is 123 Å². The van der Waals surface area contributed by atoms with Crippen LogP contribution in [0.4, 0.5) is 11.8 Å². The molecule has 6 heteroatoms. The minimum atomic E-state index is 0.452. The first kappa shape index (κ1) is 12.8. The number of rotatable bonds is 4. The van der Waals surface area contributed by atoms with Gasteiger partial charge in [0, 0.05) is 30.6 Å². The van der Waals surface area contributed by atoms with E-state index in [1.54, 1.807) is 0 Å². The Morgan fingerprint density at radius 2 is 2.00 bits per heavy atom. The fourth-order valence-electron chi connectivity index (χ4n) is 3.12. The summed E-state index contributed by atoms with van der Waals surface area (Å²) in [5.74, 6) is 6.80. The molecule has 0 spiro atoms. The number of nitrogens with one attached hydrogen (secondary N) is 2. The lowest BCUT2D eigenvalue weighted by Crippen LogP contribution is -2.28. The van der Waals surface area contributed by atoms with Crippen molar-refractivity contribution < 1.29 is 0 Å². The lowest BCUT2D eigenvalue weighted by Gasteiger charge is -2.17. The molecule has 2 aromatic rings. The van der Waals surface area contributed by atoms with E-state index in [4.69, 9.17) is 5.84 Å². The van der Waals surface area contributed by atoms with E-state index >= 15 is 0 Å². The zero-order valence-electron chi connectivity index (χ0n) is 11.9. The number of hydrogen-bond donors (Lipinski definition) is 3. The Bertz CT molecular complexity index is 654. The van der Waals surface area contributed by atoms with Crippen molar-refractivity contribution in [2.45, 2.75) is 31.3 Å². The summed E-state index contributed by atoms with van der Waals surface area (Å²) in [5.41, 5.74) is 3.45. The number of likely N-dealkylation sites (tertiary alicyclic amines) is 1. The molecular formula is C15H20N6. The Hall–Kier alpha value is -1.92. The Morgan fingerprint density at radius 3 is 2.81 bits per heavy atom. The molecule has 1 unspecified atom stereocenters. The maximum atomic E-state index is 5.48. The minimum Gasteiger partial charge on any atom is -0.365 e. The lowest BCUT2D eigenvalue weighted by atomic mass is 10.2. The van der Waals surface area contributed by atoms with Crippen LogP contribution < -0.4 is 16.6 Å². The van der Waals surface area contributed by atoms with E-state index in [0.29, 0.717) is 12.0 Å². The predicted octanol–water partition coefficient (Wildman–Crippen LogP) is 1.56. The standard InChI is InChI=1S/C15H20N6/c16-20-15-18-13-4-2-1-3-12(13)14(19-15)17-10-7-8-21(9-10)11-5-6-11/h1-4,10-11H,5-9,16H2,(H2,17,18,19,20). The second-order valence-corrected chi connectivity index (χ2v) is 5.91. The summed E-state index contributed by atoms with van der Waals surface area (Å²) >= 11 is 0. The number of hydrogen-bond acceptors (Lipinski definition) is 6. The van der Waals surface area contributed by atoms with E-state index in [1.165, 1.54) is 25.8 Å². The number of para-hydroxylation sites is 1. The van der Waals surface area contributed by atoms with E-state index < -0.39 is 0 Å². The predicted molar refractivity (Wildman–Crippen MR) is 84.0 cm³/mol. The van der Waals surface area contributed by atoms with Gasteiger partial charge in [-0.2, -0.15) is 4.98 Å². The van der Waals surface area contributed by atoms with Gasteiger partial charge in [-0.25, -0.2) is 10.8 Å². The highest BCUT2D eigenvalue weighted by molar-refractivity contribution is 5.90. The summed E-state index contributed by atoms with van der Waals surface area (Å²) in [7, 11) is 0. The van der Waals surface area contributed by atoms with Gasteiger partial charge in [0.25, 0.3) is 0 Å².